The van der Waals surface area contributed by atoms with Crippen LogP contribution < -0.4 is 9.64 Å². The van der Waals surface area contributed by atoms with Crippen molar-refractivity contribution in [2.75, 3.05) is 25.6 Å². The Labute approximate surface area is 135 Å². The van der Waals surface area contributed by atoms with Crippen molar-refractivity contribution in [1.29, 1.82) is 0 Å². The highest BCUT2D eigenvalue weighted by Gasteiger charge is 2.28. The van der Waals surface area contributed by atoms with Crippen LogP contribution >= 0.6 is 11.6 Å². The average molecular weight is 316 g/mol. The van der Waals surface area contributed by atoms with Gasteiger partial charge in [0.2, 0.25) is 0 Å². The van der Waals surface area contributed by atoms with Crippen molar-refractivity contribution in [3.8, 4) is 5.75 Å². The third-order valence-corrected chi connectivity index (χ3v) is 4.23. The molecule has 0 saturated heterocycles. The summed E-state index contributed by atoms with van der Waals surface area (Å²) in [4.78, 5) is 14.9. The SMILES string of the molecule is CN(C)c1ccc(C2CCOc3ccc(Cl)cc3C2=O)cc1. The number of carbonyl (C=O) groups excluding carboxylic acids is 1. The maximum atomic E-state index is 12.9. The van der Waals surface area contributed by atoms with Crippen molar-refractivity contribution in [3.05, 3.63) is 58.6 Å². The molecule has 1 aliphatic heterocycles. The van der Waals surface area contributed by atoms with Gasteiger partial charge in [0.05, 0.1) is 18.1 Å². The van der Waals surface area contributed by atoms with E-state index in [-0.39, 0.29) is 11.7 Å². The Hall–Kier alpha value is -2.00. The van der Waals surface area contributed by atoms with E-state index in [1.165, 1.54) is 0 Å². The first-order valence-corrected chi connectivity index (χ1v) is 7.68. The zero-order valence-corrected chi connectivity index (χ0v) is 13.4. The Morgan fingerprint density at radius 1 is 1.14 bits per heavy atom. The largest absolute Gasteiger partial charge is 0.493 e. The Bertz CT molecular complexity index is 695. The van der Waals surface area contributed by atoms with E-state index < -0.39 is 0 Å². The van der Waals surface area contributed by atoms with Crippen LogP contribution in [0.5, 0.6) is 5.75 Å². The van der Waals surface area contributed by atoms with E-state index in [4.69, 9.17) is 16.3 Å². The number of ketones is 1. The van der Waals surface area contributed by atoms with Gasteiger partial charge in [-0.25, -0.2) is 0 Å². The topological polar surface area (TPSA) is 29.5 Å². The molecule has 2 aromatic rings. The van der Waals surface area contributed by atoms with Gasteiger partial charge in [0.1, 0.15) is 5.75 Å². The van der Waals surface area contributed by atoms with Crippen molar-refractivity contribution in [3.63, 3.8) is 0 Å². The third-order valence-electron chi connectivity index (χ3n) is 4.00. The van der Waals surface area contributed by atoms with Crippen LogP contribution in [0.4, 0.5) is 5.69 Å². The van der Waals surface area contributed by atoms with Crippen molar-refractivity contribution in [2.24, 2.45) is 0 Å². The fraction of sp³-hybridized carbons (Fsp3) is 0.278. The molecule has 0 fully saturated rings. The van der Waals surface area contributed by atoms with E-state index in [1.54, 1.807) is 18.2 Å². The first kappa shape index (κ1) is 14.9. The van der Waals surface area contributed by atoms with Gasteiger partial charge in [-0.2, -0.15) is 0 Å². The lowest BCUT2D eigenvalue weighted by Gasteiger charge is -2.16. The average Bonchev–Trinajstić information content (AvgIpc) is 2.67. The predicted molar refractivity (Wildman–Crippen MR) is 89.4 cm³/mol. The number of carbonyl (C=O) groups is 1. The number of nitrogens with zero attached hydrogens (tertiary/aromatic N) is 1. The molecule has 0 N–H and O–H groups in total. The van der Waals surface area contributed by atoms with Crippen molar-refractivity contribution >= 4 is 23.1 Å². The number of anilines is 1. The number of halogens is 1. The summed E-state index contributed by atoms with van der Waals surface area (Å²) in [6, 6.07) is 13.3. The van der Waals surface area contributed by atoms with Gasteiger partial charge in [0.25, 0.3) is 0 Å². The molecule has 1 heterocycles. The van der Waals surface area contributed by atoms with Crippen LogP contribution in [0.25, 0.3) is 0 Å². The molecule has 1 unspecified atom stereocenters. The summed E-state index contributed by atoms with van der Waals surface area (Å²) in [5.41, 5.74) is 2.71. The normalized spacial score (nSPS) is 17.4. The minimum Gasteiger partial charge on any atom is -0.493 e. The fourth-order valence-corrected chi connectivity index (χ4v) is 2.92. The van der Waals surface area contributed by atoms with Crippen LogP contribution in [-0.4, -0.2) is 26.5 Å². The summed E-state index contributed by atoms with van der Waals surface area (Å²) in [6.07, 6.45) is 0.673. The van der Waals surface area contributed by atoms with E-state index in [2.05, 4.69) is 0 Å². The molecule has 3 rings (SSSR count). The molecule has 0 bridgehead atoms. The standard InChI is InChI=1S/C18H18ClNO2/c1-20(2)14-6-3-12(4-7-14)15-9-10-22-17-8-5-13(19)11-16(17)18(15)21/h3-8,11,15H,9-10H2,1-2H3. The Kier molecular flexibility index (Phi) is 4.08. The monoisotopic (exact) mass is 315 g/mol. The Morgan fingerprint density at radius 3 is 2.55 bits per heavy atom. The van der Waals surface area contributed by atoms with Crippen LogP contribution in [0.1, 0.15) is 28.3 Å². The molecule has 1 atom stereocenters. The van der Waals surface area contributed by atoms with Crippen molar-refractivity contribution < 1.29 is 9.53 Å². The lowest BCUT2D eigenvalue weighted by Crippen LogP contribution is -2.13. The van der Waals surface area contributed by atoms with E-state index in [0.717, 1.165) is 11.3 Å². The summed E-state index contributed by atoms with van der Waals surface area (Å²) in [6.45, 7) is 0.528. The van der Waals surface area contributed by atoms with Crippen molar-refractivity contribution in [1.82, 2.24) is 0 Å². The van der Waals surface area contributed by atoms with E-state index in [1.807, 2.05) is 43.3 Å². The molecule has 0 amide bonds. The highest BCUT2D eigenvalue weighted by molar-refractivity contribution is 6.31. The number of benzene rings is 2. The molecule has 4 heteroatoms. The lowest BCUT2D eigenvalue weighted by molar-refractivity contribution is 0.0958. The number of fused-ring (bicyclic) bond motifs is 1. The second kappa shape index (κ2) is 6.01. The minimum atomic E-state index is -0.184. The molecule has 2 aromatic carbocycles. The van der Waals surface area contributed by atoms with Crippen LogP contribution in [0.3, 0.4) is 0 Å². The second-order valence-electron chi connectivity index (χ2n) is 5.68. The molecule has 0 saturated carbocycles. The molecule has 0 aromatic heterocycles. The maximum Gasteiger partial charge on any atom is 0.174 e. The van der Waals surface area contributed by atoms with Crippen molar-refractivity contribution in [2.45, 2.75) is 12.3 Å². The zero-order valence-electron chi connectivity index (χ0n) is 12.7. The minimum absolute atomic E-state index is 0.0765. The summed E-state index contributed by atoms with van der Waals surface area (Å²) in [5.74, 6) is 0.519. The summed E-state index contributed by atoms with van der Waals surface area (Å²) < 4.78 is 5.70. The molecule has 1 aliphatic rings. The molecular weight excluding hydrogens is 298 g/mol. The highest BCUT2D eigenvalue weighted by atomic mass is 35.5. The van der Waals surface area contributed by atoms with E-state index >= 15 is 0 Å². The maximum absolute atomic E-state index is 12.9. The Balaban J connectivity index is 1.95. The first-order chi connectivity index (χ1) is 10.6. The molecule has 114 valence electrons. The van der Waals surface area contributed by atoms with Gasteiger partial charge in [0.15, 0.2) is 5.78 Å². The molecule has 22 heavy (non-hydrogen) atoms. The smallest absolute Gasteiger partial charge is 0.174 e. The number of hydrogen-bond donors (Lipinski definition) is 0. The van der Waals surface area contributed by atoms with E-state index in [0.29, 0.717) is 29.4 Å². The predicted octanol–water partition coefficient (Wildman–Crippen LogP) is 4.16. The zero-order chi connectivity index (χ0) is 15.7. The van der Waals surface area contributed by atoms with Gasteiger partial charge in [-0.1, -0.05) is 23.7 Å². The molecular formula is C18H18ClNO2. The molecule has 3 nitrogen and oxygen atoms in total. The quantitative estimate of drug-likeness (QED) is 0.833. The summed E-state index contributed by atoms with van der Waals surface area (Å²) >= 11 is 6.03. The number of Topliss-reactive ketones (excluding diaryl/α,β-unsaturated/α-hetero) is 1. The second-order valence-corrected chi connectivity index (χ2v) is 6.12. The van der Waals surface area contributed by atoms with Crippen LogP contribution in [0.2, 0.25) is 5.02 Å². The van der Waals surface area contributed by atoms with Gasteiger partial charge in [-0.05, 0) is 42.3 Å². The number of ether oxygens (including phenoxy) is 1. The number of rotatable bonds is 2. The third kappa shape index (κ3) is 2.81. The van der Waals surface area contributed by atoms with Gasteiger partial charge in [0, 0.05) is 24.8 Å². The first-order valence-electron chi connectivity index (χ1n) is 7.30. The molecule has 0 aliphatic carbocycles. The van der Waals surface area contributed by atoms with Gasteiger partial charge >= 0.3 is 0 Å². The van der Waals surface area contributed by atoms with Gasteiger partial charge < -0.3 is 9.64 Å². The lowest BCUT2D eigenvalue weighted by atomic mass is 9.88. The highest BCUT2D eigenvalue weighted by Crippen LogP contribution is 2.34. The van der Waals surface area contributed by atoms with Gasteiger partial charge in [-0.3, -0.25) is 4.79 Å². The summed E-state index contributed by atoms with van der Waals surface area (Å²) in [5, 5.41) is 0.555. The fourth-order valence-electron chi connectivity index (χ4n) is 2.75. The van der Waals surface area contributed by atoms with Crippen LogP contribution in [0.15, 0.2) is 42.5 Å². The van der Waals surface area contributed by atoms with Crippen LogP contribution in [-0.2, 0) is 0 Å². The van der Waals surface area contributed by atoms with Crippen LogP contribution in [0, 0.1) is 0 Å². The van der Waals surface area contributed by atoms with Gasteiger partial charge in [-0.15, -0.1) is 0 Å². The van der Waals surface area contributed by atoms with E-state index in [9.17, 15) is 4.79 Å². The molecule has 0 radical (unpaired) electrons. The molecule has 0 spiro atoms. The number of hydrogen-bond acceptors (Lipinski definition) is 3. The summed E-state index contributed by atoms with van der Waals surface area (Å²) in [7, 11) is 4.00. The Morgan fingerprint density at radius 2 is 1.86 bits per heavy atom.